The molecule has 1 aromatic heterocycles. The van der Waals surface area contributed by atoms with Gasteiger partial charge in [0.05, 0.1) is 17.3 Å². The van der Waals surface area contributed by atoms with Gasteiger partial charge in [-0.3, -0.25) is 14.5 Å². The Balaban J connectivity index is 1.72. The highest BCUT2D eigenvalue weighted by Gasteiger charge is 2.16. The van der Waals surface area contributed by atoms with Crippen LogP contribution in [-0.4, -0.2) is 36.4 Å². The third kappa shape index (κ3) is 4.35. The number of benzene rings is 2. The molecule has 1 N–H and O–H groups in total. The van der Waals surface area contributed by atoms with E-state index < -0.39 is 5.82 Å². The second kappa shape index (κ2) is 7.90. The van der Waals surface area contributed by atoms with Gasteiger partial charge in [0.25, 0.3) is 5.56 Å². The van der Waals surface area contributed by atoms with Gasteiger partial charge >= 0.3 is 0 Å². The summed E-state index contributed by atoms with van der Waals surface area (Å²) >= 11 is 6.14. The molecule has 0 unspecified atom stereocenters. The molecule has 3 rings (SSSR count). The Morgan fingerprint density at radius 3 is 2.63 bits per heavy atom. The summed E-state index contributed by atoms with van der Waals surface area (Å²) < 4.78 is 13.3. The van der Waals surface area contributed by atoms with Crippen LogP contribution in [0.5, 0.6) is 0 Å². The van der Waals surface area contributed by atoms with E-state index in [1.54, 1.807) is 49.3 Å². The first-order valence-electron chi connectivity index (χ1n) is 8.36. The molecule has 27 heavy (non-hydrogen) atoms. The van der Waals surface area contributed by atoms with Crippen molar-refractivity contribution in [3.05, 3.63) is 75.4 Å². The van der Waals surface area contributed by atoms with E-state index in [0.717, 1.165) is 0 Å². The Hall–Kier alpha value is -2.70. The summed E-state index contributed by atoms with van der Waals surface area (Å²) in [5.41, 5.74) is 0.934. The number of hydrogen-bond donors (Lipinski definition) is 1. The van der Waals surface area contributed by atoms with E-state index in [4.69, 9.17) is 11.6 Å². The molecule has 140 valence electrons. The van der Waals surface area contributed by atoms with Crippen molar-refractivity contribution < 1.29 is 9.18 Å². The summed E-state index contributed by atoms with van der Waals surface area (Å²) in [5.74, 6) is -0.582. The highest BCUT2D eigenvalue weighted by molar-refractivity contribution is 6.33. The molecule has 0 bridgehead atoms. The molecule has 2 aromatic carbocycles. The molecular weight excluding hydrogens is 369 g/mol. The van der Waals surface area contributed by atoms with Crippen LogP contribution in [-0.2, 0) is 11.3 Å². The molecule has 0 atom stereocenters. The lowest BCUT2D eigenvalue weighted by molar-refractivity contribution is -0.119. The van der Waals surface area contributed by atoms with Gasteiger partial charge in [0, 0.05) is 24.7 Å². The molecule has 0 fully saturated rings. The quantitative estimate of drug-likeness (QED) is 0.729. The van der Waals surface area contributed by atoms with Crippen molar-refractivity contribution in [1.29, 1.82) is 0 Å². The fraction of sp³-hybridized carbons (Fsp3) is 0.200. The van der Waals surface area contributed by atoms with E-state index in [1.165, 1.54) is 17.0 Å². The third-order valence-electron chi connectivity index (χ3n) is 4.30. The van der Waals surface area contributed by atoms with E-state index in [-0.39, 0.29) is 18.0 Å². The molecule has 5 nitrogen and oxygen atoms in total. The molecule has 7 heteroatoms. The molecule has 0 aliphatic rings. The number of amides is 1. The van der Waals surface area contributed by atoms with Crippen molar-refractivity contribution in [1.82, 2.24) is 9.88 Å². The molecule has 0 radical (unpaired) electrons. The Morgan fingerprint density at radius 2 is 1.89 bits per heavy atom. The smallest absolute Gasteiger partial charge is 0.256 e. The van der Waals surface area contributed by atoms with E-state index >= 15 is 0 Å². The van der Waals surface area contributed by atoms with Gasteiger partial charge in [-0.1, -0.05) is 29.8 Å². The first-order valence-corrected chi connectivity index (χ1v) is 8.74. The van der Waals surface area contributed by atoms with Crippen LogP contribution in [0.1, 0.15) is 5.69 Å². The summed E-state index contributed by atoms with van der Waals surface area (Å²) in [6.07, 6.45) is 0. The Kier molecular flexibility index (Phi) is 5.58. The van der Waals surface area contributed by atoms with Crippen molar-refractivity contribution >= 4 is 34.0 Å². The van der Waals surface area contributed by atoms with Gasteiger partial charge in [0.15, 0.2) is 0 Å². The zero-order chi connectivity index (χ0) is 19.6. The predicted octanol–water partition coefficient (Wildman–Crippen LogP) is 3.42. The van der Waals surface area contributed by atoms with E-state index in [1.807, 2.05) is 6.07 Å². The number of likely N-dealkylation sites (N-methyl/N-ethyl adjacent to an activating group) is 2. The van der Waals surface area contributed by atoms with Crippen LogP contribution in [0.2, 0.25) is 5.02 Å². The largest absolute Gasteiger partial charge is 0.324 e. The van der Waals surface area contributed by atoms with Crippen molar-refractivity contribution in [3.63, 3.8) is 0 Å². The number of pyridine rings is 1. The van der Waals surface area contributed by atoms with Crippen molar-refractivity contribution in [2.75, 3.05) is 25.5 Å². The van der Waals surface area contributed by atoms with Gasteiger partial charge in [-0.25, -0.2) is 4.39 Å². The highest BCUT2D eigenvalue weighted by Crippen LogP contribution is 2.24. The number of nitrogens with zero attached hydrogens (tertiary/aromatic N) is 2. The van der Waals surface area contributed by atoms with Gasteiger partial charge < -0.3 is 9.88 Å². The minimum atomic E-state index is -0.453. The molecule has 3 aromatic rings. The first-order chi connectivity index (χ1) is 12.8. The number of carbonyl (C=O) groups excluding carboxylic acids is 1. The summed E-state index contributed by atoms with van der Waals surface area (Å²) in [7, 11) is 3.45. The maximum atomic E-state index is 13.3. The minimum Gasteiger partial charge on any atom is -0.324 e. The van der Waals surface area contributed by atoms with Crippen molar-refractivity contribution in [2.45, 2.75) is 6.54 Å². The molecule has 0 spiro atoms. The van der Waals surface area contributed by atoms with E-state index in [0.29, 0.717) is 33.7 Å². The number of rotatable bonds is 5. The number of para-hydroxylation sites is 1. The number of aromatic nitrogens is 1. The van der Waals surface area contributed by atoms with Gasteiger partial charge in [-0.2, -0.15) is 0 Å². The van der Waals surface area contributed by atoms with Gasteiger partial charge in [-0.05, 0) is 42.8 Å². The molecular formula is C20H19ClFN3O2. The van der Waals surface area contributed by atoms with Gasteiger partial charge in [-0.15, -0.1) is 0 Å². The van der Waals surface area contributed by atoms with Crippen LogP contribution in [0.4, 0.5) is 10.1 Å². The van der Waals surface area contributed by atoms with Crippen molar-refractivity contribution in [2.24, 2.45) is 0 Å². The highest BCUT2D eigenvalue weighted by atomic mass is 35.5. The number of aromatic amines is 1. The second-order valence-electron chi connectivity index (χ2n) is 6.43. The average Bonchev–Trinajstić information content (AvgIpc) is 2.62. The number of hydrogen-bond acceptors (Lipinski definition) is 3. The predicted molar refractivity (Wildman–Crippen MR) is 106 cm³/mol. The maximum Gasteiger partial charge on any atom is 0.256 e. The lowest BCUT2D eigenvalue weighted by atomic mass is 10.1. The van der Waals surface area contributed by atoms with E-state index in [9.17, 15) is 14.0 Å². The van der Waals surface area contributed by atoms with Crippen LogP contribution < -0.4 is 10.5 Å². The third-order valence-corrected chi connectivity index (χ3v) is 4.62. The molecule has 1 amide bonds. The van der Waals surface area contributed by atoms with Crippen LogP contribution in [0, 0.1) is 5.82 Å². The maximum absolute atomic E-state index is 13.3. The monoisotopic (exact) mass is 387 g/mol. The summed E-state index contributed by atoms with van der Waals surface area (Å²) in [4.78, 5) is 30.7. The fourth-order valence-corrected chi connectivity index (χ4v) is 3.18. The number of halogens is 2. The fourth-order valence-electron chi connectivity index (χ4n) is 2.91. The Bertz CT molecular complexity index is 1050. The van der Waals surface area contributed by atoms with Crippen LogP contribution in [0.3, 0.4) is 0 Å². The lowest BCUT2D eigenvalue weighted by Crippen LogP contribution is -2.36. The number of anilines is 1. The molecule has 1 heterocycles. The zero-order valence-electron chi connectivity index (χ0n) is 15.0. The minimum absolute atomic E-state index is 0.129. The molecule has 0 aliphatic heterocycles. The van der Waals surface area contributed by atoms with Gasteiger partial charge in [0.2, 0.25) is 5.91 Å². The number of fused-ring (bicyclic) bond motifs is 1. The SMILES string of the molecule is CN(CC(=O)N(C)c1ccccc1Cl)Cc1cc2ccc(F)cc2c(=O)[nH]1. The average molecular weight is 388 g/mol. The normalized spacial score (nSPS) is 11.1. The van der Waals surface area contributed by atoms with Crippen LogP contribution in [0.15, 0.2) is 53.3 Å². The topological polar surface area (TPSA) is 56.4 Å². The zero-order valence-corrected chi connectivity index (χ0v) is 15.8. The molecule has 0 saturated carbocycles. The molecule has 0 aliphatic carbocycles. The number of nitrogens with one attached hydrogen (secondary N) is 1. The number of H-pyrrole nitrogens is 1. The van der Waals surface area contributed by atoms with Crippen LogP contribution >= 0.6 is 11.6 Å². The number of carbonyl (C=O) groups is 1. The summed E-state index contributed by atoms with van der Waals surface area (Å²) in [6.45, 7) is 0.510. The first kappa shape index (κ1) is 19.1. The van der Waals surface area contributed by atoms with Crippen molar-refractivity contribution in [3.8, 4) is 0 Å². The second-order valence-corrected chi connectivity index (χ2v) is 6.84. The summed E-state index contributed by atoms with van der Waals surface area (Å²) in [5, 5.41) is 1.46. The molecule has 0 saturated heterocycles. The van der Waals surface area contributed by atoms with Gasteiger partial charge in [0.1, 0.15) is 5.82 Å². The summed E-state index contributed by atoms with van der Waals surface area (Å²) in [6, 6.07) is 13.0. The Morgan fingerprint density at radius 1 is 1.15 bits per heavy atom. The van der Waals surface area contributed by atoms with E-state index in [2.05, 4.69) is 4.98 Å². The standard InChI is InChI=1S/C20H19ClFN3O2/c1-24(12-19(26)25(2)18-6-4-3-5-17(18)21)11-15-9-13-7-8-14(22)10-16(13)20(27)23-15/h3-10H,11-12H2,1-2H3,(H,23,27). The van der Waals surface area contributed by atoms with Crippen LogP contribution in [0.25, 0.3) is 10.8 Å². The Labute approximate surface area is 161 Å². The lowest BCUT2D eigenvalue weighted by Gasteiger charge is -2.22.